The average molecular weight is 499 g/mol. The Labute approximate surface area is 210 Å². The number of piperidine rings is 2. The number of likely N-dealkylation sites (tertiary alicyclic amines) is 1. The maximum absolute atomic E-state index is 12.0. The Hall–Kier alpha value is -2.03. The molecule has 4 N–H and O–H groups in total. The zero-order valence-corrected chi connectivity index (χ0v) is 22.0. The summed E-state index contributed by atoms with van der Waals surface area (Å²) < 4.78 is 10.5. The minimum atomic E-state index is -0.421. The molecule has 2 amide bonds. The molecule has 2 heterocycles. The van der Waals surface area contributed by atoms with Gasteiger partial charge in [-0.1, -0.05) is 30.3 Å². The topological polar surface area (TPSA) is 106 Å². The monoisotopic (exact) mass is 498 g/mol. The lowest BCUT2D eigenvalue weighted by molar-refractivity contribution is 0.0484. The van der Waals surface area contributed by atoms with Gasteiger partial charge in [-0.15, -0.1) is 12.4 Å². The second kappa shape index (κ2) is 14.4. The second-order valence-corrected chi connectivity index (χ2v) is 9.92. The third kappa shape index (κ3) is 10.5. The van der Waals surface area contributed by atoms with Crippen molar-refractivity contribution in [3.63, 3.8) is 0 Å². The van der Waals surface area contributed by atoms with E-state index in [1.54, 1.807) is 4.90 Å². The van der Waals surface area contributed by atoms with Crippen LogP contribution in [-0.4, -0.2) is 59.9 Å². The van der Waals surface area contributed by atoms with Gasteiger partial charge in [-0.3, -0.25) is 0 Å². The first kappa shape index (κ1) is 30.0. The third-order valence-electron chi connectivity index (χ3n) is 5.95. The molecular weight excluding hydrogens is 456 g/mol. The fraction of sp³-hybridized carbons (Fsp3) is 0.680. The van der Waals surface area contributed by atoms with E-state index in [-0.39, 0.29) is 42.7 Å². The fourth-order valence-electron chi connectivity index (χ4n) is 3.93. The Morgan fingerprint density at radius 3 is 2.44 bits per heavy atom. The van der Waals surface area contributed by atoms with Crippen LogP contribution in [0.15, 0.2) is 30.3 Å². The van der Waals surface area contributed by atoms with Gasteiger partial charge >= 0.3 is 12.2 Å². The van der Waals surface area contributed by atoms with Crippen LogP contribution >= 0.6 is 12.4 Å². The van der Waals surface area contributed by atoms with Crippen molar-refractivity contribution in [1.29, 1.82) is 0 Å². The first-order chi connectivity index (χ1) is 15.6. The molecule has 2 saturated heterocycles. The second-order valence-electron chi connectivity index (χ2n) is 9.92. The van der Waals surface area contributed by atoms with Gasteiger partial charge in [-0.2, -0.15) is 0 Å². The molecule has 34 heavy (non-hydrogen) atoms. The average Bonchev–Trinajstić information content (AvgIpc) is 2.75. The SMILES string of the molecule is C[C@@H]1[C@H](N)CCCN1C(=O)OCc1ccccc1.C[C@H]1NCCC[C@H]1NC(=O)OC(C)(C)C.Cl. The maximum atomic E-state index is 12.0. The summed E-state index contributed by atoms with van der Waals surface area (Å²) in [5.74, 6) is 0. The van der Waals surface area contributed by atoms with Gasteiger partial charge in [0.15, 0.2) is 0 Å². The molecule has 0 aromatic heterocycles. The van der Waals surface area contributed by atoms with Gasteiger partial charge in [-0.25, -0.2) is 9.59 Å². The van der Waals surface area contributed by atoms with Crippen LogP contribution in [0.2, 0.25) is 0 Å². The van der Waals surface area contributed by atoms with Crippen molar-refractivity contribution < 1.29 is 19.1 Å². The summed E-state index contributed by atoms with van der Waals surface area (Å²) in [4.78, 5) is 25.2. The number of hydrogen-bond donors (Lipinski definition) is 3. The van der Waals surface area contributed by atoms with Crippen molar-refractivity contribution in [2.45, 2.75) is 96.7 Å². The number of nitrogens with two attached hydrogens (primary N) is 1. The zero-order chi connectivity index (χ0) is 24.4. The van der Waals surface area contributed by atoms with Gasteiger partial charge in [0.05, 0.1) is 0 Å². The first-order valence-corrected chi connectivity index (χ1v) is 12.0. The molecule has 0 radical (unpaired) electrons. The smallest absolute Gasteiger partial charge is 0.410 e. The molecule has 1 aromatic carbocycles. The summed E-state index contributed by atoms with van der Waals surface area (Å²) in [6.45, 7) is 11.8. The Balaban J connectivity index is 0.000000336. The standard InChI is InChI=1S/C14H20N2O2.C11H22N2O2.ClH/c1-11-13(15)8-5-9-16(11)14(17)18-10-12-6-3-2-4-7-12;1-8-9(6-5-7-12-8)13-10(14)15-11(2,3)4;/h2-4,6-7,11,13H,5,8-10,15H2,1H3;8-9,12H,5-7H2,1-4H3,(H,13,14);1H/t11-,13-;8-,9-;/m11./s1. The van der Waals surface area contributed by atoms with Crippen molar-refractivity contribution >= 4 is 24.6 Å². The normalized spacial score (nSPS) is 24.6. The van der Waals surface area contributed by atoms with Gasteiger partial charge in [-0.05, 0) is 72.4 Å². The largest absolute Gasteiger partial charge is 0.445 e. The highest BCUT2D eigenvalue weighted by Crippen LogP contribution is 2.17. The van der Waals surface area contributed by atoms with E-state index >= 15 is 0 Å². The van der Waals surface area contributed by atoms with E-state index in [1.165, 1.54) is 0 Å². The molecular formula is C25H43ClN4O4. The molecule has 3 rings (SSSR count). The molecule has 8 nitrogen and oxygen atoms in total. The number of amides is 2. The molecule has 2 aliphatic rings. The number of benzene rings is 1. The summed E-state index contributed by atoms with van der Waals surface area (Å²) in [6.07, 6.45) is 3.47. The van der Waals surface area contributed by atoms with E-state index in [0.717, 1.165) is 44.3 Å². The maximum Gasteiger partial charge on any atom is 0.410 e. The molecule has 0 bridgehead atoms. The van der Waals surface area contributed by atoms with E-state index in [4.69, 9.17) is 15.2 Å². The highest BCUT2D eigenvalue weighted by Gasteiger charge is 2.29. The summed E-state index contributed by atoms with van der Waals surface area (Å²) in [5, 5.41) is 6.23. The van der Waals surface area contributed by atoms with Crippen molar-refractivity contribution in [2.24, 2.45) is 5.73 Å². The molecule has 0 spiro atoms. The van der Waals surface area contributed by atoms with Crippen LogP contribution in [0.3, 0.4) is 0 Å². The highest BCUT2D eigenvalue weighted by molar-refractivity contribution is 5.85. The lowest BCUT2D eigenvalue weighted by Gasteiger charge is -2.36. The van der Waals surface area contributed by atoms with Crippen molar-refractivity contribution in [3.8, 4) is 0 Å². The molecule has 9 heteroatoms. The van der Waals surface area contributed by atoms with Gasteiger partial charge < -0.3 is 30.7 Å². The highest BCUT2D eigenvalue weighted by atomic mass is 35.5. The number of nitrogens with one attached hydrogen (secondary N) is 2. The molecule has 0 saturated carbocycles. The number of carbonyl (C=O) groups is 2. The van der Waals surface area contributed by atoms with Crippen LogP contribution in [-0.2, 0) is 16.1 Å². The summed E-state index contributed by atoms with van der Waals surface area (Å²) in [7, 11) is 0. The summed E-state index contributed by atoms with van der Waals surface area (Å²) in [6, 6.07) is 10.3. The predicted octanol–water partition coefficient (Wildman–Crippen LogP) is 4.21. The van der Waals surface area contributed by atoms with Crippen LogP contribution < -0.4 is 16.4 Å². The van der Waals surface area contributed by atoms with E-state index in [2.05, 4.69) is 17.6 Å². The van der Waals surface area contributed by atoms with Gasteiger partial charge in [0.1, 0.15) is 12.2 Å². The number of alkyl carbamates (subject to hydrolysis) is 1. The quantitative estimate of drug-likeness (QED) is 0.576. The van der Waals surface area contributed by atoms with Crippen molar-refractivity contribution in [3.05, 3.63) is 35.9 Å². The Kier molecular flexibility index (Phi) is 12.7. The molecule has 0 unspecified atom stereocenters. The molecule has 2 aliphatic heterocycles. The molecule has 2 fully saturated rings. The number of carbonyl (C=O) groups excluding carboxylic acids is 2. The first-order valence-electron chi connectivity index (χ1n) is 12.0. The Bertz CT molecular complexity index is 744. The van der Waals surface area contributed by atoms with Crippen molar-refractivity contribution in [2.75, 3.05) is 13.1 Å². The fourth-order valence-corrected chi connectivity index (χ4v) is 3.93. The van der Waals surface area contributed by atoms with Crippen LogP contribution in [0.25, 0.3) is 0 Å². The van der Waals surface area contributed by atoms with Crippen LogP contribution in [0.5, 0.6) is 0 Å². The van der Waals surface area contributed by atoms with E-state index < -0.39 is 5.60 Å². The molecule has 194 valence electrons. The Morgan fingerprint density at radius 2 is 1.82 bits per heavy atom. The molecule has 4 atom stereocenters. The van der Waals surface area contributed by atoms with Crippen LogP contribution in [0.4, 0.5) is 9.59 Å². The van der Waals surface area contributed by atoms with E-state index in [9.17, 15) is 9.59 Å². The van der Waals surface area contributed by atoms with Crippen LogP contribution in [0, 0.1) is 0 Å². The lowest BCUT2D eigenvalue weighted by Crippen LogP contribution is -2.52. The van der Waals surface area contributed by atoms with E-state index in [1.807, 2.05) is 58.0 Å². The summed E-state index contributed by atoms with van der Waals surface area (Å²) in [5.41, 5.74) is 6.54. The van der Waals surface area contributed by atoms with Crippen molar-refractivity contribution in [1.82, 2.24) is 15.5 Å². The van der Waals surface area contributed by atoms with E-state index in [0.29, 0.717) is 12.6 Å². The minimum Gasteiger partial charge on any atom is -0.445 e. The van der Waals surface area contributed by atoms with Gasteiger partial charge in [0.2, 0.25) is 0 Å². The predicted molar refractivity (Wildman–Crippen MR) is 137 cm³/mol. The zero-order valence-electron chi connectivity index (χ0n) is 21.2. The number of halogens is 1. The lowest BCUT2D eigenvalue weighted by atomic mass is 9.99. The molecule has 0 aliphatic carbocycles. The third-order valence-corrected chi connectivity index (χ3v) is 5.95. The van der Waals surface area contributed by atoms with Gasteiger partial charge in [0, 0.05) is 30.7 Å². The minimum absolute atomic E-state index is 0. The number of rotatable bonds is 3. The van der Waals surface area contributed by atoms with Gasteiger partial charge in [0.25, 0.3) is 0 Å². The number of ether oxygens (including phenoxy) is 2. The number of hydrogen-bond acceptors (Lipinski definition) is 6. The number of nitrogens with zero attached hydrogens (tertiary/aromatic N) is 1. The summed E-state index contributed by atoms with van der Waals surface area (Å²) >= 11 is 0. The molecule has 1 aromatic rings. The Morgan fingerprint density at radius 1 is 1.15 bits per heavy atom. The van der Waals surface area contributed by atoms with Crippen LogP contribution in [0.1, 0.15) is 65.9 Å².